The van der Waals surface area contributed by atoms with E-state index in [-0.39, 0.29) is 37.4 Å². The second kappa shape index (κ2) is 12.0. The van der Waals surface area contributed by atoms with Gasteiger partial charge in [0.1, 0.15) is 11.6 Å². The Morgan fingerprint density at radius 1 is 1.02 bits per heavy atom. The molecule has 6 atom stereocenters. The molecule has 0 aliphatic carbocycles. The normalized spacial score (nSPS) is 28.0. The number of fused-ring (bicyclic) bond motifs is 1. The first kappa shape index (κ1) is 31.7. The highest BCUT2D eigenvalue weighted by atomic mass is 16.5. The van der Waals surface area contributed by atoms with Gasteiger partial charge in [-0.1, -0.05) is 60.7 Å². The van der Waals surface area contributed by atoms with E-state index in [1.807, 2.05) is 88.4 Å². The number of hydrogen-bond donors (Lipinski definition) is 1. The second-order valence-electron chi connectivity index (χ2n) is 13.5. The lowest BCUT2D eigenvalue weighted by molar-refractivity contribution is -0.157. The van der Waals surface area contributed by atoms with E-state index < -0.39 is 40.7 Å². The number of ether oxygens (including phenoxy) is 1. The quantitative estimate of drug-likeness (QED) is 0.387. The molecule has 5 rings (SSSR count). The molecule has 2 unspecified atom stereocenters. The van der Waals surface area contributed by atoms with Gasteiger partial charge in [-0.3, -0.25) is 14.4 Å². The Hall–Kier alpha value is -3.75. The van der Waals surface area contributed by atoms with Crippen LogP contribution in [0, 0.1) is 11.8 Å². The average Bonchev–Trinajstić information content (AvgIpc) is 3.57. The number of nitrogens with zero attached hydrogens (tertiary/aromatic N) is 3. The van der Waals surface area contributed by atoms with Crippen molar-refractivity contribution in [2.45, 2.75) is 75.8 Å². The zero-order valence-electron chi connectivity index (χ0n) is 26.3. The van der Waals surface area contributed by atoms with Crippen molar-refractivity contribution in [3.8, 4) is 0 Å². The molecule has 0 aromatic heterocycles. The van der Waals surface area contributed by atoms with Gasteiger partial charge in [-0.15, -0.1) is 13.2 Å². The summed E-state index contributed by atoms with van der Waals surface area (Å²) < 4.78 is 6.90. The molecule has 3 saturated heterocycles. The van der Waals surface area contributed by atoms with Gasteiger partial charge in [0.05, 0.1) is 30.1 Å². The average molecular weight is 600 g/mol. The summed E-state index contributed by atoms with van der Waals surface area (Å²) in [6, 6.07) is 17.3. The van der Waals surface area contributed by atoms with Crippen LogP contribution in [0.2, 0.25) is 0 Å². The summed E-state index contributed by atoms with van der Waals surface area (Å²) in [5.74, 6) is -2.51. The third-order valence-electron chi connectivity index (χ3n) is 9.67. The van der Waals surface area contributed by atoms with Crippen LogP contribution in [0.5, 0.6) is 0 Å². The molecule has 2 aromatic carbocycles. The summed E-state index contributed by atoms with van der Waals surface area (Å²) >= 11 is 0. The van der Waals surface area contributed by atoms with Crippen LogP contribution in [0.1, 0.15) is 46.1 Å². The highest BCUT2D eigenvalue weighted by molar-refractivity contribution is 6.03. The summed E-state index contributed by atoms with van der Waals surface area (Å²) in [7, 11) is 0. The number of rotatable bonds is 11. The number of para-hydroxylation sites is 1. The highest BCUT2D eigenvalue weighted by Crippen LogP contribution is 2.64. The standard InChI is InChI=1S/C36H45N3O5/c1-7-21-37(26-17-13-10-14-18-26)31(41)28-29-32(42)39(27(24-40)23-25-15-11-9-12-16-25)30(36(29)20-19-35(28,6)44-36)33(43)38(22-8-2)34(3,4)5/h7-18,27-30,40H,1-2,19-24H2,3-6H3/t27-,28+,29+,30?,35-,36?/m1/s1. The summed E-state index contributed by atoms with van der Waals surface area (Å²) in [5.41, 5.74) is -1.09. The van der Waals surface area contributed by atoms with Crippen molar-refractivity contribution in [2.75, 3.05) is 24.6 Å². The molecule has 3 fully saturated rings. The number of aliphatic hydroxyl groups is 1. The number of carbonyl (C=O) groups excluding carboxylic acids is 3. The SMILES string of the molecule is C=CCN(C(=O)[C@@H]1[C@H]2C(=O)N([C@@H](CO)Cc3ccccc3)C(C(=O)N(CC=C)C(C)(C)C)C23CC[C@@]1(C)O3)c1ccccc1. The van der Waals surface area contributed by atoms with E-state index in [1.165, 1.54) is 0 Å². The fraction of sp³-hybridized carbons (Fsp3) is 0.472. The van der Waals surface area contributed by atoms with Gasteiger partial charge in [-0.2, -0.15) is 0 Å². The Bertz CT molecular complexity index is 1410. The molecule has 0 saturated carbocycles. The number of amides is 3. The molecule has 3 heterocycles. The van der Waals surface area contributed by atoms with Crippen molar-refractivity contribution >= 4 is 23.4 Å². The monoisotopic (exact) mass is 599 g/mol. The topological polar surface area (TPSA) is 90.4 Å². The van der Waals surface area contributed by atoms with Crippen LogP contribution >= 0.6 is 0 Å². The van der Waals surface area contributed by atoms with Crippen molar-refractivity contribution in [1.29, 1.82) is 0 Å². The first-order valence-electron chi connectivity index (χ1n) is 15.5. The lowest BCUT2D eigenvalue weighted by Crippen LogP contribution is -2.62. The van der Waals surface area contributed by atoms with Crippen LogP contribution in [0.25, 0.3) is 0 Å². The van der Waals surface area contributed by atoms with Crippen LogP contribution < -0.4 is 4.90 Å². The van der Waals surface area contributed by atoms with E-state index in [0.717, 1.165) is 5.56 Å². The van der Waals surface area contributed by atoms with Gasteiger partial charge in [0.2, 0.25) is 17.7 Å². The largest absolute Gasteiger partial charge is 0.394 e. The third-order valence-corrected chi connectivity index (χ3v) is 9.67. The predicted octanol–water partition coefficient (Wildman–Crippen LogP) is 4.39. The third kappa shape index (κ3) is 5.18. The Balaban J connectivity index is 1.64. The molecule has 3 aliphatic rings. The molecule has 8 nitrogen and oxygen atoms in total. The number of likely N-dealkylation sites (tertiary alicyclic amines) is 1. The van der Waals surface area contributed by atoms with E-state index in [2.05, 4.69) is 13.2 Å². The lowest BCUT2D eigenvalue weighted by atomic mass is 9.66. The lowest BCUT2D eigenvalue weighted by Gasteiger charge is -2.43. The van der Waals surface area contributed by atoms with Gasteiger partial charge >= 0.3 is 0 Å². The molecule has 3 amide bonds. The Morgan fingerprint density at radius 2 is 1.64 bits per heavy atom. The Kier molecular flexibility index (Phi) is 8.62. The fourth-order valence-corrected chi connectivity index (χ4v) is 7.75. The molecular weight excluding hydrogens is 554 g/mol. The van der Waals surface area contributed by atoms with Crippen LogP contribution in [0.15, 0.2) is 86.0 Å². The van der Waals surface area contributed by atoms with Gasteiger partial charge in [-0.05, 0) is 64.7 Å². The summed E-state index contributed by atoms with van der Waals surface area (Å²) in [4.78, 5) is 49.2. The zero-order valence-corrected chi connectivity index (χ0v) is 26.3. The summed E-state index contributed by atoms with van der Waals surface area (Å²) in [6.45, 7) is 15.7. The van der Waals surface area contributed by atoms with Crippen molar-refractivity contribution < 1.29 is 24.2 Å². The molecule has 0 radical (unpaired) electrons. The van der Waals surface area contributed by atoms with Crippen LogP contribution in [-0.2, 0) is 25.5 Å². The van der Waals surface area contributed by atoms with E-state index in [4.69, 9.17) is 4.74 Å². The van der Waals surface area contributed by atoms with Crippen molar-refractivity contribution in [2.24, 2.45) is 11.8 Å². The predicted molar refractivity (Wildman–Crippen MR) is 171 cm³/mol. The summed E-state index contributed by atoms with van der Waals surface area (Å²) in [6.07, 6.45) is 4.69. The molecule has 2 bridgehead atoms. The van der Waals surface area contributed by atoms with Gasteiger partial charge in [-0.25, -0.2) is 0 Å². The highest BCUT2D eigenvalue weighted by Gasteiger charge is 2.79. The molecule has 3 aliphatic heterocycles. The van der Waals surface area contributed by atoms with Crippen LogP contribution in [-0.4, -0.2) is 81.1 Å². The molecular formula is C36H45N3O5. The van der Waals surface area contributed by atoms with Crippen molar-refractivity contribution in [1.82, 2.24) is 9.80 Å². The molecule has 1 N–H and O–H groups in total. The minimum absolute atomic E-state index is 0.228. The molecule has 234 valence electrons. The maximum Gasteiger partial charge on any atom is 0.249 e. The number of aliphatic hydroxyl groups excluding tert-OH is 1. The number of carbonyl (C=O) groups is 3. The van der Waals surface area contributed by atoms with Gasteiger partial charge < -0.3 is 24.5 Å². The fourth-order valence-electron chi connectivity index (χ4n) is 7.75. The van der Waals surface area contributed by atoms with Crippen molar-refractivity contribution in [3.63, 3.8) is 0 Å². The van der Waals surface area contributed by atoms with Gasteiger partial charge in [0.15, 0.2) is 0 Å². The minimum atomic E-state index is -1.21. The second-order valence-corrected chi connectivity index (χ2v) is 13.5. The molecule has 2 aromatic rings. The smallest absolute Gasteiger partial charge is 0.249 e. The molecule has 44 heavy (non-hydrogen) atoms. The van der Waals surface area contributed by atoms with E-state index in [9.17, 15) is 19.5 Å². The number of anilines is 1. The van der Waals surface area contributed by atoms with Gasteiger partial charge in [0.25, 0.3) is 0 Å². The maximum absolute atomic E-state index is 14.8. The van der Waals surface area contributed by atoms with Crippen molar-refractivity contribution in [3.05, 3.63) is 91.5 Å². The number of benzene rings is 2. The Morgan fingerprint density at radius 3 is 2.20 bits per heavy atom. The maximum atomic E-state index is 14.8. The van der Waals surface area contributed by atoms with Crippen LogP contribution in [0.3, 0.4) is 0 Å². The van der Waals surface area contributed by atoms with Crippen LogP contribution in [0.4, 0.5) is 5.69 Å². The van der Waals surface area contributed by atoms with E-state index in [1.54, 1.807) is 26.9 Å². The summed E-state index contributed by atoms with van der Waals surface area (Å²) in [5, 5.41) is 10.8. The van der Waals surface area contributed by atoms with E-state index >= 15 is 0 Å². The first-order chi connectivity index (χ1) is 20.9. The van der Waals surface area contributed by atoms with Gasteiger partial charge in [0, 0.05) is 24.3 Å². The number of hydrogen-bond acceptors (Lipinski definition) is 5. The van der Waals surface area contributed by atoms with E-state index in [0.29, 0.717) is 24.9 Å². The molecule has 1 spiro atoms. The Labute approximate surface area is 261 Å². The first-order valence-corrected chi connectivity index (χ1v) is 15.5. The zero-order chi connectivity index (χ0) is 31.9. The molecule has 8 heteroatoms. The minimum Gasteiger partial charge on any atom is -0.394 e.